The van der Waals surface area contributed by atoms with Crippen molar-refractivity contribution in [3.05, 3.63) is 62.8 Å². The van der Waals surface area contributed by atoms with Gasteiger partial charge in [0.05, 0.1) is 5.56 Å². The fourth-order valence-electron chi connectivity index (χ4n) is 5.76. The van der Waals surface area contributed by atoms with Crippen LogP contribution in [-0.2, 0) is 18.6 Å². The number of aromatic hydroxyl groups is 1. The highest BCUT2D eigenvalue weighted by atomic mass is 19.1. The van der Waals surface area contributed by atoms with Crippen molar-refractivity contribution >= 4 is 11.8 Å². The first kappa shape index (κ1) is 17.7. The number of amides is 2. The molecule has 0 saturated heterocycles. The second-order valence-electron chi connectivity index (χ2n) is 8.81. The molecule has 2 aliphatic carbocycles. The Bertz CT molecular complexity index is 1190. The summed E-state index contributed by atoms with van der Waals surface area (Å²) in [4.78, 5) is 40.8. The number of rotatable bonds is 2. The number of hydrogen-bond donors (Lipinski definition) is 2. The van der Waals surface area contributed by atoms with Crippen LogP contribution in [0.5, 0.6) is 5.75 Å². The first-order chi connectivity index (χ1) is 14.4. The zero-order valence-corrected chi connectivity index (χ0v) is 16.2. The van der Waals surface area contributed by atoms with E-state index in [4.69, 9.17) is 0 Å². The van der Waals surface area contributed by atoms with Gasteiger partial charge in [-0.05, 0) is 49.3 Å². The molecule has 7 nitrogen and oxygen atoms in total. The SMILES string of the molecule is O=C1NC2(CCC3C[C@@H]32)n2c1c1c(c(O)c2=O)C(=O)N(Cc2ccc(F)cc2)CC1. The molecule has 4 aliphatic rings. The van der Waals surface area contributed by atoms with Gasteiger partial charge in [0.15, 0.2) is 5.75 Å². The third-order valence-corrected chi connectivity index (χ3v) is 7.25. The second kappa shape index (κ2) is 5.71. The van der Waals surface area contributed by atoms with Gasteiger partial charge in [-0.3, -0.25) is 19.0 Å². The Labute approximate surface area is 171 Å². The van der Waals surface area contributed by atoms with Crippen LogP contribution >= 0.6 is 0 Å². The summed E-state index contributed by atoms with van der Waals surface area (Å²) >= 11 is 0. The Balaban J connectivity index is 1.44. The molecule has 2 N–H and O–H groups in total. The van der Waals surface area contributed by atoms with Crippen molar-refractivity contribution in [2.75, 3.05) is 6.54 Å². The maximum atomic E-state index is 13.2. The van der Waals surface area contributed by atoms with E-state index in [1.54, 1.807) is 12.1 Å². The molecule has 1 aromatic carbocycles. The van der Waals surface area contributed by atoms with E-state index in [2.05, 4.69) is 5.32 Å². The fraction of sp³-hybridized carbons (Fsp3) is 0.409. The first-order valence-corrected chi connectivity index (χ1v) is 10.3. The summed E-state index contributed by atoms with van der Waals surface area (Å²) in [5.74, 6) is -1.04. The zero-order valence-electron chi connectivity index (χ0n) is 16.2. The maximum Gasteiger partial charge on any atom is 0.296 e. The van der Waals surface area contributed by atoms with Gasteiger partial charge in [-0.1, -0.05) is 12.1 Å². The molecule has 2 unspecified atom stereocenters. The van der Waals surface area contributed by atoms with Crippen LogP contribution in [0.25, 0.3) is 0 Å². The minimum absolute atomic E-state index is 0.0721. The monoisotopic (exact) mass is 409 g/mol. The van der Waals surface area contributed by atoms with Crippen LogP contribution in [0.3, 0.4) is 0 Å². The van der Waals surface area contributed by atoms with Crippen molar-refractivity contribution < 1.29 is 19.1 Å². The highest BCUT2D eigenvalue weighted by Crippen LogP contribution is 2.61. The van der Waals surface area contributed by atoms with Gasteiger partial charge in [-0.25, -0.2) is 4.39 Å². The summed E-state index contributed by atoms with van der Waals surface area (Å²) in [7, 11) is 0. The Morgan fingerprint density at radius 3 is 2.63 bits per heavy atom. The van der Waals surface area contributed by atoms with Crippen LogP contribution in [0.4, 0.5) is 4.39 Å². The predicted octanol–water partition coefficient (Wildman–Crippen LogP) is 1.72. The molecular weight excluding hydrogens is 389 g/mol. The molecule has 3 atom stereocenters. The molecule has 8 heteroatoms. The first-order valence-electron chi connectivity index (χ1n) is 10.3. The maximum absolute atomic E-state index is 13.2. The third kappa shape index (κ3) is 2.16. The third-order valence-electron chi connectivity index (χ3n) is 7.25. The van der Waals surface area contributed by atoms with Gasteiger partial charge in [-0.2, -0.15) is 0 Å². The number of fused-ring (bicyclic) bond motifs is 6. The number of nitrogens with zero attached hydrogens (tertiary/aromatic N) is 2. The molecule has 3 heterocycles. The normalized spacial score (nSPS) is 28.4. The number of halogens is 1. The Kier molecular flexibility index (Phi) is 3.36. The highest BCUT2D eigenvalue weighted by Gasteiger charge is 2.63. The number of carbonyl (C=O) groups excluding carboxylic acids is 2. The Morgan fingerprint density at radius 1 is 1.20 bits per heavy atom. The highest BCUT2D eigenvalue weighted by molar-refractivity contribution is 6.05. The van der Waals surface area contributed by atoms with Gasteiger partial charge in [-0.15, -0.1) is 0 Å². The van der Waals surface area contributed by atoms with E-state index in [9.17, 15) is 23.9 Å². The molecule has 0 radical (unpaired) electrons. The van der Waals surface area contributed by atoms with E-state index >= 15 is 0 Å². The average Bonchev–Trinajstić information content (AvgIpc) is 3.36. The van der Waals surface area contributed by atoms with Gasteiger partial charge in [0.1, 0.15) is 17.2 Å². The van der Waals surface area contributed by atoms with Crippen LogP contribution in [-0.4, -0.2) is 32.9 Å². The van der Waals surface area contributed by atoms with E-state index in [-0.39, 0.29) is 35.4 Å². The fourth-order valence-corrected chi connectivity index (χ4v) is 5.76. The van der Waals surface area contributed by atoms with E-state index in [1.807, 2.05) is 0 Å². The Hall–Kier alpha value is -3.16. The van der Waals surface area contributed by atoms with Crippen molar-refractivity contribution in [2.45, 2.75) is 37.9 Å². The molecule has 1 aromatic heterocycles. The number of hydrogen-bond acceptors (Lipinski definition) is 4. The van der Waals surface area contributed by atoms with Gasteiger partial charge in [0.25, 0.3) is 17.4 Å². The predicted molar refractivity (Wildman–Crippen MR) is 103 cm³/mol. The van der Waals surface area contributed by atoms with Crippen molar-refractivity contribution in [3.8, 4) is 5.75 Å². The lowest BCUT2D eigenvalue weighted by atomic mass is 9.95. The molecule has 30 heavy (non-hydrogen) atoms. The van der Waals surface area contributed by atoms with Crippen molar-refractivity contribution in [1.82, 2.24) is 14.8 Å². The van der Waals surface area contributed by atoms with Crippen LogP contribution in [0.2, 0.25) is 0 Å². The molecule has 6 rings (SSSR count). The number of carbonyl (C=O) groups is 2. The number of benzene rings is 1. The molecular formula is C22H20FN3O4. The van der Waals surface area contributed by atoms with Gasteiger partial charge >= 0.3 is 0 Å². The van der Waals surface area contributed by atoms with Crippen molar-refractivity contribution in [2.24, 2.45) is 11.8 Å². The summed E-state index contributed by atoms with van der Waals surface area (Å²) in [5, 5.41) is 13.8. The smallest absolute Gasteiger partial charge is 0.296 e. The minimum atomic E-state index is -0.755. The summed E-state index contributed by atoms with van der Waals surface area (Å²) in [5.41, 5.74) is -0.0764. The van der Waals surface area contributed by atoms with Gasteiger partial charge < -0.3 is 15.3 Å². The van der Waals surface area contributed by atoms with Crippen LogP contribution in [0.15, 0.2) is 29.1 Å². The topological polar surface area (TPSA) is 91.6 Å². The quantitative estimate of drug-likeness (QED) is 0.790. The lowest BCUT2D eigenvalue weighted by Crippen LogP contribution is -2.48. The van der Waals surface area contributed by atoms with Crippen LogP contribution < -0.4 is 10.9 Å². The van der Waals surface area contributed by atoms with Gasteiger partial charge in [0.2, 0.25) is 0 Å². The number of nitrogens with one attached hydrogen (secondary N) is 1. The molecule has 2 aliphatic heterocycles. The second-order valence-corrected chi connectivity index (χ2v) is 8.81. The Morgan fingerprint density at radius 2 is 1.97 bits per heavy atom. The molecule has 2 fully saturated rings. The number of pyridine rings is 1. The average molecular weight is 409 g/mol. The van der Waals surface area contributed by atoms with E-state index in [0.717, 1.165) is 18.4 Å². The van der Waals surface area contributed by atoms with Crippen LogP contribution in [0, 0.1) is 17.7 Å². The molecule has 2 aromatic rings. The lowest BCUT2D eigenvalue weighted by Gasteiger charge is -2.32. The van der Waals surface area contributed by atoms with Crippen molar-refractivity contribution in [3.63, 3.8) is 0 Å². The molecule has 2 saturated carbocycles. The largest absolute Gasteiger partial charge is 0.502 e. The van der Waals surface area contributed by atoms with E-state index < -0.39 is 22.9 Å². The standard InChI is InChI=1S/C22H20FN3O4/c23-13-3-1-11(2-4-13)10-25-8-6-14-16(20(25)29)18(27)21(30)26-17(14)19(28)24-22(26)7-5-12-9-15(12)22/h1-4,12,15,27H,5-10H2,(H,24,28)/t12?,15-,22?/m0/s1. The van der Waals surface area contributed by atoms with Crippen LogP contribution in [0.1, 0.15) is 51.2 Å². The molecule has 2 amide bonds. The summed E-state index contributed by atoms with van der Waals surface area (Å²) in [6.45, 7) is 0.580. The minimum Gasteiger partial charge on any atom is -0.502 e. The lowest BCUT2D eigenvalue weighted by molar-refractivity contribution is 0.0721. The summed E-state index contributed by atoms with van der Waals surface area (Å²) in [6, 6.07) is 5.84. The van der Waals surface area contributed by atoms with E-state index in [0.29, 0.717) is 30.9 Å². The molecule has 0 bridgehead atoms. The van der Waals surface area contributed by atoms with Crippen molar-refractivity contribution in [1.29, 1.82) is 0 Å². The zero-order chi connectivity index (χ0) is 20.8. The summed E-state index contributed by atoms with van der Waals surface area (Å²) in [6.07, 6.45) is 2.94. The van der Waals surface area contributed by atoms with Gasteiger partial charge in [0, 0.05) is 24.6 Å². The molecule has 154 valence electrons. The number of aromatic nitrogens is 1. The molecule has 1 spiro atoms. The summed E-state index contributed by atoms with van der Waals surface area (Å²) < 4.78 is 14.6. The van der Waals surface area contributed by atoms with E-state index in [1.165, 1.54) is 21.6 Å².